The molecular formula is C18H21N5. The van der Waals surface area contributed by atoms with Crippen molar-refractivity contribution in [1.29, 1.82) is 0 Å². The Morgan fingerprint density at radius 2 is 2.04 bits per heavy atom. The SMILES string of the molecule is CCc1cc(NCC2(Cc3ccccc3)CC2)n2ncnc2n1. The summed E-state index contributed by atoms with van der Waals surface area (Å²) >= 11 is 0. The molecule has 1 fully saturated rings. The topological polar surface area (TPSA) is 55.1 Å². The molecule has 23 heavy (non-hydrogen) atoms. The highest BCUT2D eigenvalue weighted by Gasteiger charge is 2.42. The molecule has 118 valence electrons. The lowest BCUT2D eigenvalue weighted by Crippen LogP contribution is -2.20. The van der Waals surface area contributed by atoms with Gasteiger partial charge in [0.25, 0.3) is 5.78 Å². The molecule has 2 aromatic heterocycles. The summed E-state index contributed by atoms with van der Waals surface area (Å²) in [7, 11) is 0. The average Bonchev–Trinajstić information content (AvgIpc) is 3.18. The molecule has 1 N–H and O–H groups in total. The molecule has 3 aromatic rings. The molecule has 5 nitrogen and oxygen atoms in total. The number of aryl methyl sites for hydroxylation is 1. The second-order valence-electron chi connectivity index (χ2n) is 6.47. The smallest absolute Gasteiger partial charge is 0.254 e. The van der Waals surface area contributed by atoms with E-state index in [1.807, 2.05) is 0 Å². The van der Waals surface area contributed by atoms with Gasteiger partial charge in [-0.3, -0.25) is 0 Å². The van der Waals surface area contributed by atoms with Gasteiger partial charge in [0.15, 0.2) is 0 Å². The number of hydrogen-bond acceptors (Lipinski definition) is 4. The van der Waals surface area contributed by atoms with Gasteiger partial charge in [0.1, 0.15) is 12.1 Å². The largest absolute Gasteiger partial charge is 0.369 e. The first kappa shape index (κ1) is 14.2. The van der Waals surface area contributed by atoms with E-state index in [0.29, 0.717) is 11.2 Å². The molecule has 0 aliphatic heterocycles. The summed E-state index contributed by atoms with van der Waals surface area (Å²) in [6, 6.07) is 12.8. The number of rotatable bonds is 6. The van der Waals surface area contributed by atoms with Gasteiger partial charge in [-0.1, -0.05) is 37.3 Å². The number of nitrogens with one attached hydrogen (secondary N) is 1. The standard InChI is InChI=1S/C18H21N5/c1-2-15-10-16(23-17(22-15)20-13-21-23)19-12-18(8-9-18)11-14-6-4-3-5-7-14/h3-7,10,13,19H,2,8-9,11-12H2,1H3. The van der Waals surface area contributed by atoms with Gasteiger partial charge >= 0.3 is 0 Å². The third-order valence-electron chi connectivity index (χ3n) is 4.69. The summed E-state index contributed by atoms with van der Waals surface area (Å²) in [5.74, 6) is 1.66. The molecule has 1 saturated carbocycles. The maximum absolute atomic E-state index is 4.49. The van der Waals surface area contributed by atoms with E-state index in [1.54, 1.807) is 10.8 Å². The van der Waals surface area contributed by atoms with E-state index in [-0.39, 0.29) is 0 Å². The molecule has 0 bridgehead atoms. The zero-order valence-electron chi connectivity index (χ0n) is 13.4. The number of hydrogen-bond donors (Lipinski definition) is 1. The summed E-state index contributed by atoms with van der Waals surface area (Å²) in [4.78, 5) is 8.71. The van der Waals surface area contributed by atoms with Gasteiger partial charge in [0, 0.05) is 18.3 Å². The van der Waals surface area contributed by atoms with Crippen LogP contribution in [0.4, 0.5) is 5.82 Å². The van der Waals surface area contributed by atoms with E-state index >= 15 is 0 Å². The second kappa shape index (κ2) is 5.65. The van der Waals surface area contributed by atoms with Crippen molar-refractivity contribution in [2.45, 2.75) is 32.6 Å². The van der Waals surface area contributed by atoms with Gasteiger partial charge in [-0.25, -0.2) is 4.98 Å². The Kier molecular flexibility index (Phi) is 3.48. The predicted molar refractivity (Wildman–Crippen MR) is 90.5 cm³/mol. The minimum atomic E-state index is 0.379. The van der Waals surface area contributed by atoms with Crippen LogP contribution in [0.1, 0.15) is 31.0 Å². The quantitative estimate of drug-likeness (QED) is 0.760. The number of benzene rings is 1. The van der Waals surface area contributed by atoms with Crippen LogP contribution in [0.3, 0.4) is 0 Å². The van der Waals surface area contributed by atoms with Crippen molar-refractivity contribution >= 4 is 11.6 Å². The Balaban J connectivity index is 1.52. The van der Waals surface area contributed by atoms with Gasteiger partial charge in [-0.15, -0.1) is 0 Å². The normalized spacial score (nSPS) is 15.7. The van der Waals surface area contributed by atoms with E-state index in [1.165, 1.54) is 18.4 Å². The van der Waals surface area contributed by atoms with Crippen LogP contribution in [0.25, 0.3) is 5.78 Å². The molecule has 4 rings (SSSR count). The van der Waals surface area contributed by atoms with Gasteiger partial charge < -0.3 is 5.32 Å². The van der Waals surface area contributed by atoms with Crippen molar-refractivity contribution < 1.29 is 0 Å². The van der Waals surface area contributed by atoms with Crippen molar-refractivity contribution in [1.82, 2.24) is 19.6 Å². The van der Waals surface area contributed by atoms with E-state index in [9.17, 15) is 0 Å². The zero-order valence-corrected chi connectivity index (χ0v) is 13.4. The number of anilines is 1. The van der Waals surface area contributed by atoms with Crippen molar-refractivity contribution in [3.8, 4) is 0 Å². The van der Waals surface area contributed by atoms with Crippen molar-refractivity contribution in [3.05, 3.63) is 54.0 Å². The predicted octanol–water partition coefficient (Wildman–Crippen LogP) is 3.12. The maximum atomic E-state index is 4.49. The fourth-order valence-electron chi connectivity index (χ4n) is 3.07. The van der Waals surface area contributed by atoms with Crippen LogP contribution in [0, 0.1) is 5.41 Å². The lowest BCUT2D eigenvalue weighted by Gasteiger charge is -2.17. The van der Waals surface area contributed by atoms with Gasteiger partial charge in [0.2, 0.25) is 0 Å². The van der Waals surface area contributed by atoms with Crippen molar-refractivity contribution in [3.63, 3.8) is 0 Å². The van der Waals surface area contributed by atoms with Crippen LogP contribution in [0.2, 0.25) is 0 Å². The molecular weight excluding hydrogens is 286 g/mol. The maximum Gasteiger partial charge on any atom is 0.254 e. The van der Waals surface area contributed by atoms with E-state index in [4.69, 9.17) is 0 Å². The summed E-state index contributed by atoms with van der Waals surface area (Å²) in [6.07, 6.45) is 6.15. The van der Waals surface area contributed by atoms with E-state index in [2.05, 4.69) is 63.7 Å². The van der Waals surface area contributed by atoms with E-state index in [0.717, 1.165) is 30.9 Å². The van der Waals surface area contributed by atoms with Crippen LogP contribution >= 0.6 is 0 Å². The molecule has 0 amide bonds. The van der Waals surface area contributed by atoms with Gasteiger partial charge in [-0.05, 0) is 36.7 Å². The summed E-state index contributed by atoms with van der Waals surface area (Å²) in [5, 5.41) is 7.87. The molecule has 1 aliphatic rings. The van der Waals surface area contributed by atoms with Crippen LogP contribution < -0.4 is 5.32 Å². The fraction of sp³-hybridized carbons (Fsp3) is 0.389. The molecule has 0 radical (unpaired) electrons. The fourth-order valence-corrected chi connectivity index (χ4v) is 3.07. The van der Waals surface area contributed by atoms with Crippen molar-refractivity contribution in [2.75, 3.05) is 11.9 Å². The Bertz CT molecular complexity index is 805. The average molecular weight is 307 g/mol. The molecule has 0 spiro atoms. The van der Waals surface area contributed by atoms with Crippen LogP contribution in [0.5, 0.6) is 0 Å². The summed E-state index contributed by atoms with van der Waals surface area (Å²) in [6.45, 7) is 3.07. The third-order valence-corrected chi connectivity index (χ3v) is 4.69. The molecule has 0 atom stereocenters. The number of fused-ring (bicyclic) bond motifs is 1. The minimum absolute atomic E-state index is 0.379. The lowest BCUT2D eigenvalue weighted by molar-refractivity contribution is 0.536. The first-order chi connectivity index (χ1) is 11.3. The molecule has 1 aliphatic carbocycles. The molecule has 2 heterocycles. The number of aromatic nitrogens is 4. The molecule has 0 saturated heterocycles. The van der Waals surface area contributed by atoms with Gasteiger partial charge in [0.05, 0.1) is 0 Å². The Hall–Kier alpha value is -2.43. The first-order valence-corrected chi connectivity index (χ1v) is 8.25. The molecule has 5 heteroatoms. The van der Waals surface area contributed by atoms with E-state index < -0.39 is 0 Å². The molecule has 0 unspecified atom stereocenters. The third kappa shape index (κ3) is 2.91. The van der Waals surface area contributed by atoms with Crippen LogP contribution in [-0.2, 0) is 12.8 Å². The Labute approximate surface area is 135 Å². The minimum Gasteiger partial charge on any atom is -0.369 e. The molecule has 1 aromatic carbocycles. The van der Waals surface area contributed by atoms with Crippen LogP contribution in [0.15, 0.2) is 42.7 Å². The summed E-state index contributed by atoms with van der Waals surface area (Å²) in [5.41, 5.74) is 2.84. The highest BCUT2D eigenvalue weighted by Crippen LogP contribution is 2.48. The highest BCUT2D eigenvalue weighted by molar-refractivity contribution is 5.45. The second-order valence-corrected chi connectivity index (χ2v) is 6.47. The lowest BCUT2D eigenvalue weighted by atomic mass is 9.96. The van der Waals surface area contributed by atoms with Gasteiger partial charge in [-0.2, -0.15) is 14.6 Å². The van der Waals surface area contributed by atoms with Crippen molar-refractivity contribution in [2.24, 2.45) is 5.41 Å². The summed E-state index contributed by atoms with van der Waals surface area (Å²) < 4.78 is 1.79. The van der Waals surface area contributed by atoms with Crippen LogP contribution in [-0.4, -0.2) is 26.1 Å². The number of nitrogens with zero attached hydrogens (tertiary/aromatic N) is 4. The highest BCUT2D eigenvalue weighted by atomic mass is 15.4. The Morgan fingerprint density at radius 3 is 2.78 bits per heavy atom. The zero-order chi connectivity index (χ0) is 15.7. The monoisotopic (exact) mass is 307 g/mol. The first-order valence-electron chi connectivity index (χ1n) is 8.25. The Morgan fingerprint density at radius 1 is 1.22 bits per heavy atom.